The normalized spacial score (nSPS) is 16.4. The third-order valence-corrected chi connectivity index (χ3v) is 3.06. The van der Waals surface area contributed by atoms with Crippen molar-refractivity contribution in [3.63, 3.8) is 0 Å². The van der Waals surface area contributed by atoms with Crippen LogP contribution in [-0.2, 0) is 4.74 Å². The summed E-state index contributed by atoms with van der Waals surface area (Å²) in [5.74, 6) is 2.13. The molecule has 18 heavy (non-hydrogen) atoms. The predicted octanol–water partition coefficient (Wildman–Crippen LogP) is 2.48. The van der Waals surface area contributed by atoms with Crippen molar-refractivity contribution in [2.45, 2.75) is 25.8 Å². The van der Waals surface area contributed by atoms with Crippen LogP contribution in [0.1, 0.15) is 31.4 Å². The van der Waals surface area contributed by atoms with E-state index >= 15 is 0 Å². The molecule has 0 saturated heterocycles. The highest BCUT2D eigenvalue weighted by Gasteiger charge is 2.21. The summed E-state index contributed by atoms with van der Waals surface area (Å²) in [6.45, 7) is 3.00. The SMILES string of the molecule is COc1cc([C@@H](C)N)ccc1OCOCC1CC1. The van der Waals surface area contributed by atoms with Crippen LogP contribution in [0.15, 0.2) is 18.2 Å². The van der Waals surface area contributed by atoms with Crippen molar-refractivity contribution >= 4 is 0 Å². The first-order chi connectivity index (χ1) is 8.70. The minimum absolute atomic E-state index is 0.0148. The Kier molecular flexibility index (Phi) is 4.44. The first-order valence-corrected chi connectivity index (χ1v) is 6.34. The summed E-state index contributed by atoms with van der Waals surface area (Å²) in [4.78, 5) is 0. The molecule has 4 nitrogen and oxygen atoms in total. The van der Waals surface area contributed by atoms with Crippen LogP contribution in [0.4, 0.5) is 0 Å². The average molecular weight is 251 g/mol. The van der Waals surface area contributed by atoms with E-state index in [1.54, 1.807) is 7.11 Å². The average Bonchev–Trinajstić information content (AvgIpc) is 3.18. The molecule has 1 atom stereocenters. The monoisotopic (exact) mass is 251 g/mol. The second-order valence-electron chi connectivity index (χ2n) is 4.78. The van der Waals surface area contributed by atoms with Crippen LogP contribution in [-0.4, -0.2) is 20.5 Å². The number of nitrogens with two attached hydrogens (primary N) is 1. The second kappa shape index (κ2) is 6.07. The fourth-order valence-electron chi connectivity index (χ4n) is 1.69. The maximum Gasteiger partial charge on any atom is 0.189 e. The second-order valence-corrected chi connectivity index (χ2v) is 4.78. The lowest BCUT2D eigenvalue weighted by atomic mass is 10.1. The standard InChI is InChI=1S/C14H21NO3/c1-10(15)12-5-6-13(14(7-12)16-2)18-9-17-8-11-3-4-11/h5-7,10-11H,3-4,8-9,15H2,1-2H3/t10-/m1/s1. The number of benzene rings is 1. The van der Waals surface area contributed by atoms with Crippen LogP contribution < -0.4 is 15.2 Å². The van der Waals surface area contributed by atoms with E-state index in [4.69, 9.17) is 19.9 Å². The summed E-state index contributed by atoms with van der Waals surface area (Å²) in [7, 11) is 1.62. The van der Waals surface area contributed by atoms with Crippen molar-refractivity contribution in [2.75, 3.05) is 20.5 Å². The lowest BCUT2D eigenvalue weighted by Crippen LogP contribution is -2.08. The van der Waals surface area contributed by atoms with Gasteiger partial charge in [0, 0.05) is 6.04 Å². The first kappa shape index (κ1) is 13.2. The molecule has 0 aliphatic heterocycles. The Morgan fingerprint density at radius 2 is 2.11 bits per heavy atom. The van der Waals surface area contributed by atoms with Crippen LogP contribution in [0.2, 0.25) is 0 Å². The predicted molar refractivity (Wildman–Crippen MR) is 69.8 cm³/mol. The molecule has 0 heterocycles. The van der Waals surface area contributed by atoms with Gasteiger partial charge in [0.15, 0.2) is 18.3 Å². The van der Waals surface area contributed by atoms with Crippen molar-refractivity contribution in [3.05, 3.63) is 23.8 Å². The van der Waals surface area contributed by atoms with Crippen molar-refractivity contribution in [2.24, 2.45) is 11.7 Å². The molecule has 1 fully saturated rings. The Labute approximate surface area is 108 Å². The smallest absolute Gasteiger partial charge is 0.189 e. The lowest BCUT2D eigenvalue weighted by Gasteiger charge is -2.13. The molecule has 1 aliphatic carbocycles. The van der Waals surface area contributed by atoms with Crippen LogP contribution in [0, 0.1) is 5.92 Å². The van der Waals surface area contributed by atoms with E-state index in [9.17, 15) is 0 Å². The van der Waals surface area contributed by atoms with Crippen LogP contribution in [0.5, 0.6) is 11.5 Å². The van der Waals surface area contributed by atoms with E-state index in [1.807, 2.05) is 25.1 Å². The number of hydrogen-bond acceptors (Lipinski definition) is 4. The molecular formula is C14H21NO3. The minimum atomic E-state index is -0.0148. The van der Waals surface area contributed by atoms with Gasteiger partial charge in [-0.05, 0) is 43.4 Å². The highest BCUT2D eigenvalue weighted by Crippen LogP contribution is 2.31. The van der Waals surface area contributed by atoms with Gasteiger partial charge in [-0.25, -0.2) is 0 Å². The molecule has 0 aromatic heterocycles. The molecule has 0 bridgehead atoms. The molecule has 100 valence electrons. The Balaban J connectivity index is 1.89. The maximum atomic E-state index is 5.83. The summed E-state index contributed by atoms with van der Waals surface area (Å²) in [6.07, 6.45) is 2.57. The quantitative estimate of drug-likeness (QED) is 0.597. The summed E-state index contributed by atoms with van der Waals surface area (Å²) >= 11 is 0. The van der Waals surface area contributed by atoms with Gasteiger partial charge in [-0.1, -0.05) is 6.07 Å². The van der Waals surface area contributed by atoms with Gasteiger partial charge in [0.2, 0.25) is 0 Å². The summed E-state index contributed by atoms with van der Waals surface area (Å²) in [6, 6.07) is 5.71. The van der Waals surface area contributed by atoms with Gasteiger partial charge in [0.1, 0.15) is 0 Å². The molecule has 0 amide bonds. The Bertz CT molecular complexity index is 389. The van der Waals surface area contributed by atoms with Crippen LogP contribution >= 0.6 is 0 Å². The fraction of sp³-hybridized carbons (Fsp3) is 0.571. The van der Waals surface area contributed by atoms with Gasteiger partial charge in [0.05, 0.1) is 13.7 Å². The Morgan fingerprint density at radius 3 is 2.72 bits per heavy atom. The van der Waals surface area contributed by atoms with Gasteiger partial charge in [-0.2, -0.15) is 0 Å². The third kappa shape index (κ3) is 3.62. The van der Waals surface area contributed by atoms with Crippen molar-refractivity contribution in [1.29, 1.82) is 0 Å². The largest absolute Gasteiger partial charge is 0.493 e. The number of rotatable bonds is 7. The number of methoxy groups -OCH3 is 1. The number of ether oxygens (including phenoxy) is 3. The zero-order valence-corrected chi connectivity index (χ0v) is 11.0. The number of hydrogen-bond donors (Lipinski definition) is 1. The van der Waals surface area contributed by atoms with Crippen LogP contribution in [0.3, 0.4) is 0 Å². The van der Waals surface area contributed by atoms with E-state index in [0.29, 0.717) is 11.5 Å². The molecule has 0 unspecified atom stereocenters. The topological polar surface area (TPSA) is 53.7 Å². The van der Waals surface area contributed by atoms with E-state index in [0.717, 1.165) is 18.1 Å². The Morgan fingerprint density at radius 1 is 1.33 bits per heavy atom. The Hall–Kier alpha value is -1.26. The molecule has 1 saturated carbocycles. The molecule has 1 aromatic rings. The minimum Gasteiger partial charge on any atom is -0.493 e. The van der Waals surface area contributed by atoms with Gasteiger partial charge in [-0.3, -0.25) is 0 Å². The maximum absolute atomic E-state index is 5.83. The summed E-state index contributed by atoms with van der Waals surface area (Å²) in [5.41, 5.74) is 6.85. The van der Waals surface area contributed by atoms with E-state index in [1.165, 1.54) is 12.8 Å². The molecule has 0 radical (unpaired) electrons. The van der Waals surface area contributed by atoms with Crippen molar-refractivity contribution in [3.8, 4) is 11.5 Å². The van der Waals surface area contributed by atoms with Gasteiger partial charge in [0.25, 0.3) is 0 Å². The zero-order valence-electron chi connectivity index (χ0n) is 11.0. The molecule has 4 heteroatoms. The van der Waals surface area contributed by atoms with E-state index in [-0.39, 0.29) is 12.8 Å². The van der Waals surface area contributed by atoms with E-state index < -0.39 is 0 Å². The van der Waals surface area contributed by atoms with Gasteiger partial charge in [-0.15, -0.1) is 0 Å². The van der Waals surface area contributed by atoms with E-state index in [2.05, 4.69) is 0 Å². The fourth-order valence-corrected chi connectivity index (χ4v) is 1.69. The lowest BCUT2D eigenvalue weighted by molar-refractivity contribution is 0.00865. The molecule has 2 N–H and O–H groups in total. The van der Waals surface area contributed by atoms with Gasteiger partial charge >= 0.3 is 0 Å². The molecule has 1 aromatic carbocycles. The highest BCUT2D eigenvalue weighted by atomic mass is 16.7. The summed E-state index contributed by atoms with van der Waals surface area (Å²) in [5, 5.41) is 0. The molecule has 1 aliphatic rings. The van der Waals surface area contributed by atoms with Crippen LogP contribution in [0.25, 0.3) is 0 Å². The first-order valence-electron chi connectivity index (χ1n) is 6.34. The molecule has 0 spiro atoms. The summed E-state index contributed by atoms with van der Waals surface area (Å²) < 4.78 is 16.3. The zero-order chi connectivity index (χ0) is 13.0. The van der Waals surface area contributed by atoms with Crippen molar-refractivity contribution in [1.82, 2.24) is 0 Å². The highest BCUT2D eigenvalue weighted by molar-refractivity contribution is 5.43. The third-order valence-electron chi connectivity index (χ3n) is 3.06. The molecular weight excluding hydrogens is 230 g/mol. The van der Waals surface area contributed by atoms with Gasteiger partial charge < -0.3 is 19.9 Å². The van der Waals surface area contributed by atoms with Crippen molar-refractivity contribution < 1.29 is 14.2 Å². The molecule has 2 rings (SSSR count).